The highest BCUT2D eigenvalue weighted by molar-refractivity contribution is 7.25. The molecule has 0 N–H and O–H groups in total. The van der Waals surface area contributed by atoms with Crippen LogP contribution in [-0.4, -0.2) is 9.97 Å². The van der Waals surface area contributed by atoms with E-state index in [0.717, 1.165) is 55.0 Å². The maximum absolute atomic E-state index is 5.02. The molecule has 0 aliphatic carbocycles. The molecule has 0 fully saturated rings. The van der Waals surface area contributed by atoms with Crippen LogP contribution in [-0.2, 0) is 0 Å². The predicted molar refractivity (Wildman–Crippen MR) is 213 cm³/mol. The Labute approximate surface area is 293 Å². The zero-order valence-corrected chi connectivity index (χ0v) is 27.8. The highest BCUT2D eigenvalue weighted by atomic mass is 32.1. The van der Waals surface area contributed by atoms with Crippen LogP contribution in [0.1, 0.15) is 0 Å². The number of anilines is 3. The van der Waals surface area contributed by atoms with Gasteiger partial charge in [0, 0.05) is 48.9 Å². The molecule has 0 radical (unpaired) electrons. The van der Waals surface area contributed by atoms with Crippen LogP contribution in [0.3, 0.4) is 0 Å². The molecular weight excluding hydrogens is 627 g/mol. The molecule has 4 heteroatoms. The molecule has 10 rings (SSSR count). The zero-order valence-electron chi connectivity index (χ0n) is 27.0. The van der Waals surface area contributed by atoms with Gasteiger partial charge in [0.15, 0.2) is 0 Å². The van der Waals surface area contributed by atoms with Gasteiger partial charge in [-0.05, 0) is 88.6 Å². The molecule has 7 aromatic carbocycles. The average molecular weight is 656 g/mol. The molecule has 0 saturated carbocycles. The number of aromatic nitrogens is 2. The lowest BCUT2D eigenvalue weighted by Crippen LogP contribution is -2.09. The maximum atomic E-state index is 5.02. The fourth-order valence-electron chi connectivity index (χ4n) is 7.06. The largest absolute Gasteiger partial charge is 0.310 e. The fourth-order valence-corrected chi connectivity index (χ4v) is 8.16. The van der Waals surface area contributed by atoms with Crippen molar-refractivity contribution in [3.05, 3.63) is 176 Å². The zero-order chi connectivity index (χ0) is 33.0. The molecule has 0 bridgehead atoms. The molecule has 3 nitrogen and oxygen atoms in total. The van der Waals surface area contributed by atoms with Crippen molar-refractivity contribution in [1.29, 1.82) is 0 Å². The third kappa shape index (κ3) is 4.97. The molecule has 0 aliphatic heterocycles. The molecule has 0 saturated heterocycles. The molecule has 234 valence electrons. The van der Waals surface area contributed by atoms with Crippen molar-refractivity contribution in [2.45, 2.75) is 0 Å². The van der Waals surface area contributed by atoms with E-state index in [-0.39, 0.29) is 0 Å². The van der Waals surface area contributed by atoms with Crippen molar-refractivity contribution in [1.82, 2.24) is 9.97 Å². The molecule has 3 aromatic heterocycles. The van der Waals surface area contributed by atoms with Gasteiger partial charge in [-0.3, -0.25) is 0 Å². The first-order valence-corrected chi connectivity index (χ1v) is 17.6. The normalized spacial score (nSPS) is 11.6. The minimum Gasteiger partial charge on any atom is -0.310 e. The second kappa shape index (κ2) is 11.7. The number of fused-ring (bicyclic) bond motifs is 6. The van der Waals surface area contributed by atoms with Gasteiger partial charge in [-0.15, -0.1) is 11.3 Å². The Kier molecular flexibility index (Phi) is 6.68. The molecule has 50 heavy (non-hydrogen) atoms. The molecule has 0 amide bonds. The van der Waals surface area contributed by atoms with E-state index in [9.17, 15) is 0 Å². The molecule has 0 atom stereocenters. The van der Waals surface area contributed by atoms with Gasteiger partial charge >= 0.3 is 0 Å². The molecular formula is C46H29N3S. The smallest absolute Gasteiger partial charge is 0.125 e. The van der Waals surface area contributed by atoms with E-state index in [2.05, 4.69) is 175 Å². The van der Waals surface area contributed by atoms with Crippen LogP contribution in [0.4, 0.5) is 17.1 Å². The summed E-state index contributed by atoms with van der Waals surface area (Å²) < 4.78 is 1.22. The van der Waals surface area contributed by atoms with E-state index in [4.69, 9.17) is 9.97 Å². The van der Waals surface area contributed by atoms with Gasteiger partial charge in [-0.25, -0.2) is 9.97 Å². The lowest BCUT2D eigenvalue weighted by Gasteiger charge is -2.26. The standard InChI is InChI=1S/C46H29N3S/c1-2-9-34-27-35(14-13-30(34)7-1)31-15-20-37(21-16-31)49(38-22-17-33(18-23-38)44-26-19-32-8-3-5-11-42(32)47-44)39-24-25-40-41-28-36-10-4-6-12-43(36)48-46(41)50-45(40)29-39/h1-29H. The van der Waals surface area contributed by atoms with Crippen LogP contribution >= 0.6 is 11.3 Å². The highest BCUT2D eigenvalue weighted by Gasteiger charge is 2.16. The van der Waals surface area contributed by atoms with E-state index in [1.54, 1.807) is 11.3 Å². The summed E-state index contributed by atoms with van der Waals surface area (Å²) >= 11 is 1.75. The van der Waals surface area contributed by atoms with E-state index < -0.39 is 0 Å². The molecule has 0 aliphatic rings. The number of benzene rings is 7. The van der Waals surface area contributed by atoms with Crippen LogP contribution in [0, 0.1) is 0 Å². The van der Waals surface area contributed by atoms with Crippen molar-refractivity contribution < 1.29 is 0 Å². The van der Waals surface area contributed by atoms with Gasteiger partial charge in [-0.2, -0.15) is 0 Å². The number of thiophene rings is 1. The third-order valence-corrected chi connectivity index (χ3v) is 10.7. The van der Waals surface area contributed by atoms with E-state index >= 15 is 0 Å². The van der Waals surface area contributed by atoms with E-state index in [0.29, 0.717) is 0 Å². The quantitative estimate of drug-likeness (QED) is 0.185. The SMILES string of the molecule is c1ccc2cc(-c3ccc(N(c4ccc(-c5ccc6ccccc6n5)cc4)c4ccc5c(c4)sc4nc6ccccc6cc45)cc3)ccc2c1. The van der Waals surface area contributed by atoms with Crippen molar-refractivity contribution in [2.24, 2.45) is 0 Å². The van der Waals surface area contributed by atoms with Crippen LogP contribution in [0.25, 0.3) is 75.3 Å². The Bertz CT molecular complexity index is 2750. The number of rotatable bonds is 5. The summed E-state index contributed by atoms with van der Waals surface area (Å²) in [6.07, 6.45) is 0. The first-order valence-electron chi connectivity index (χ1n) is 16.8. The van der Waals surface area contributed by atoms with Crippen molar-refractivity contribution >= 4 is 81.3 Å². The van der Waals surface area contributed by atoms with Gasteiger partial charge in [0.1, 0.15) is 4.83 Å². The Morgan fingerprint density at radius 3 is 1.76 bits per heavy atom. The summed E-state index contributed by atoms with van der Waals surface area (Å²) in [5, 5.41) is 7.24. The number of hydrogen-bond donors (Lipinski definition) is 0. The third-order valence-electron chi connectivity index (χ3n) is 9.64. The van der Waals surface area contributed by atoms with E-state index in [1.807, 2.05) is 6.07 Å². The monoisotopic (exact) mass is 655 g/mol. The van der Waals surface area contributed by atoms with Crippen molar-refractivity contribution in [3.63, 3.8) is 0 Å². The summed E-state index contributed by atoms with van der Waals surface area (Å²) in [5.41, 5.74) is 9.76. The fraction of sp³-hybridized carbons (Fsp3) is 0. The lowest BCUT2D eigenvalue weighted by atomic mass is 10.0. The topological polar surface area (TPSA) is 29.0 Å². The van der Waals surface area contributed by atoms with Crippen molar-refractivity contribution in [3.8, 4) is 22.4 Å². The highest BCUT2D eigenvalue weighted by Crippen LogP contribution is 2.41. The first-order chi connectivity index (χ1) is 24.7. The molecule has 3 heterocycles. The predicted octanol–water partition coefficient (Wildman–Crippen LogP) is 13.1. The Morgan fingerprint density at radius 2 is 0.980 bits per heavy atom. The number of para-hydroxylation sites is 2. The second-order valence-electron chi connectivity index (χ2n) is 12.7. The van der Waals surface area contributed by atoms with Gasteiger partial charge in [-0.1, -0.05) is 109 Å². The minimum absolute atomic E-state index is 0.966. The van der Waals surface area contributed by atoms with Crippen LogP contribution in [0.2, 0.25) is 0 Å². The van der Waals surface area contributed by atoms with Crippen molar-refractivity contribution in [2.75, 3.05) is 4.90 Å². The van der Waals surface area contributed by atoms with E-state index in [1.165, 1.54) is 37.4 Å². The van der Waals surface area contributed by atoms with Gasteiger partial charge in [0.25, 0.3) is 0 Å². The summed E-state index contributed by atoms with van der Waals surface area (Å²) in [7, 11) is 0. The average Bonchev–Trinajstić information content (AvgIpc) is 3.53. The summed E-state index contributed by atoms with van der Waals surface area (Å²) in [4.78, 5) is 13.4. The van der Waals surface area contributed by atoms with Crippen LogP contribution in [0.15, 0.2) is 176 Å². The molecule has 0 unspecified atom stereocenters. The second-order valence-corrected chi connectivity index (χ2v) is 13.7. The van der Waals surface area contributed by atoms with Crippen LogP contribution < -0.4 is 4.90 Å². The molecule has 10 aromatic rings. The summed E-state index contributed by atoms with van der Waals surface area (Å²) in [5.74, 6) is 0. The Morgan fingerprint density at radius 1 is 0.380 bits per heavy atom. The lowest BCUT2D eigenvalue weighted by molar-refractivity contribution is 1.29. The Hall–Kier alpha value is -6.36. The van der Waals surface area contributed by atoms with Crippen LogP contribution in [0.5, 0.6) is 0 Å². The van der Waals surface area contributed by atoms with Gasteiger partial charge < -0.3 is 4.90 Å². The maximum Gasteiger partial charge on any atom is 0.125 e. The molecule has 0 spiro atoms. The summed E-state index contributed by atoms with van der Waals surface area (Å²) in [6.45, 7) is 0. The van der Waals surface area contributed by atoms with Gasteiger partial charge in [0.05, 0.1) is 16.7 Å². The minimum atomic E-state index is 0.966. The van der Waals surface area contributed by atoms with Gasteiger partial charge in [0.2, 0.25) is 0 Å². The number of nitrogens with zero attached hydrogens (tertiary/aromatic N) is 3. The first kappa shape index (κ1) is 28.6. The Balaban J connectivity index is 1.08. The summed E-state index contributed by atoms with van der Waals surface area (Å²) in [6, 6.07) is 62.8. The number of hydrogen-bond acceptors (Lipinski definition) is 4. The number of pyridine rings is 2.